The standard InChI is InChI=1S/C21H21F2N5/c1-15-14-19(25-21(24-15)26-20-17(22)8-5-9-18(20)23)28-12-10-27(11-13-28)16-6-3-2-4-7-16/h2-9,14H,10-13H2,1H3,(H,24,25,26). The third kappa shape index (κ3) is 3.88. The molecule has 0 atom stereocenters. The zero-order valence-corrected chi connectivity index (χ0v) is 15.6. The highest BCUT2D eigenvalue weighted by molar-refractivity contribution is 5.57. The van der Waals surface area contributed by atoms with Gasteiger partial charge in [0.15, 0.2) is 0 Å². The minimum atomic E-state index is -0.678. The van der Waals surface area contributed by atoms with Gasteiger partial charge in [-0.05, 0) is 31.2 Å². The molecule has 1 N–H and O–H groups in total. The van der Waals surface area contributed by atoms with Gasteiger partial charge in [0, 0.05) is 43.6 Å². The van der Waals surface area contributed by atoms with Crippen LogP contribution in [0.5, 0.6) is 0 Å². The molecular weight excluding hydrogens is 360 g/mol. The lowest BCUT2D eigenvalue weighted by Crippen LogP contribution is -2.46. The summed E-state index contributed by atoms with van der Waals surface area (Å²) >= 11 is 0. The summed E-state index contributed by atoms with van der Waals surface area (Å²) in [7, 11) is 0. The number of para-hydroxylation sites is 2. The highest BCUT2D eigenvalue weighted by Gasteiger charge is 2.20. The topological polar surface area (TPSA) is 44.3 Å². The first kappa shape index (κ1) is 18.2. The molecule has 0 unspecified atom stereocenters. The molecule has 0 saturated carbocycles. The van der Waals surface area contributed by atoms with E-state index in [-0.39, 0.29) is 11.6 Å². The average Bonchev–Trinajstić information content (AvgIpc) is 2.71. The Labute approximate surface area is 162 Å². The van der Waals surface area contributed by atoms with Crippen LogP contribution in [0, 0.1) is 18.6 Å². The molecule has 0 radical (unpaired) electrons. The van der Waals surface area contributed by atoms with Crippen molar-refractivity contribution in [3.05, 3.63) is 71.9 Å². The van der Waals surface area contributed by atoms with Gasteiger partial charge in [-0.2, -0.15) is 4.98 Å². The van der Waals surface area contributed by atoms with E-state index < -0.39 is 11.6 Å². The van der Waals surface area contributed by atoms with Crippen LogP contribution in [0.3, 0.4) is 0 Å². The molecule has 7 heteroatoms. The number of anilines is 4. The molecule has 1 aromatic heterocycles. The smallest absolute Gasteiger partial charge is 0.229 e. The number of aryl methyl sites for hydroxylation is 1. The molecule has 1 aliphatic heterocycles. The normalized spacial score (nSPS) is 14.2. The summed E-state index contributed by atoms with van der Waals surface area (Å²) in [6, 6.07) is 15.9. The van der Waals surface area contributed by atoms with Crippen molar-refractivity contribution in [1.82, 2.24) is 9.97 Å². The van der Waals surface area contributed by atoms with Gasteiger partial charge in [-0.3, -0.25) is 0 Å². The van der Waals surface area contributed by atoms with Crippen molar-refractivity contribution in [2.45, 2.75) is 6.92 Å². The summed E-state index contributed by atoms with van der Waals surface area (Å²) in [5, 5.41) is 2.69. The monoisotopic (exact) mass is 381 g/mol. The Morgan fingerprint density at radius 1 is 0.821 bits per heavy atom. The molecule has 2 heterocycles. The first-order chi connectivity index (χ1) is 13.6. The Hall–Kier alpha value is -3.22. The number of rotatable bonds is 4. The van der Waals surface area contributed by atoms with E-state index in [1.54, 1.807) is 0 Å². The fourth-order valence-corrected chi connectivity index (χ4v) is 3.33. The Morgan fingerprint density at radius 3 is 2.14 bits per heavy atom. The number of nitrogens with one attached hydrogen (secondary N) is 1. The lowest BCUT2D eigenvalue weighted by atomic mass is 10.2. The molecule has 1 saturated heterocycles. The van der Waals surface area contributed by atoms with Crippen molar-refractivity contribution in [3.8, 4) is 0 Å². The maximum absolute atomic E-state index is 13.9. The summed E-state index contributed by atoms with van der Waals surface area (Å²) in [5.41, 5.74) is 1.70. The molecule has 28 heavy (non-hydrogen) atoms. The van der Waals surface area contributed by atoms with Crippen LogP contribution >= 0.6 is 0 Å². The lowest BCUT2D eigenvalue weighted by molar-refractivity contribution is 0.590. The predicted octanol–water partition coefficient (Wildman–Crippen LogP) is 4.13. The average molecular weight is 381 g/mol. The van der Waals surface area contributed by atoms with Crippen LogP contribution < -0.4 is 15.1 Å². The van der Waals surface area contributed by atoms with Crippen LogP contribution in [0.25, 0.3) is 0 Å². The van der Waals surface area contributed by atoms with E-state index in [4.69, 9.17) is 0 Å². The van der Waals surface area contributed by atoms with Crippen LogP contribution in [-0.4, -0.2) is 36.1 Å². The summed E-state index contributed by atoms with van der Waals surface area (Å²) < 4.78 is 27.8. The van der Waals surface area contributed by atoms with E-state index >= 15 is 0 Å². The first-order valence-corrected chi connectivity index (χ1v) is 9.22. The fraction of sp³-hybridized carbons (Fsp3) is 0.238. The number of benzene rings is 2. The zero-order chi connectivity index (χ0) is 19.5. The third-order valence-corrected chi connectivity index (χ3v) is 4.77. The second-order valence-corrected chi connectivity index (χ2v) is 6.72. The summed E-state index contributed by atoms with van der Waals surface area (Å²) in [5.74, 6) is -0.421. The Kier molecular flexibility index (Phi) is 5.06. The molecule has 144 valence electrons. The van der Waals surface area contributed by atoms with Crippen molar-refractivity contribution in [1.29, 1.82) is 0 Å². The summed E-state index contributed by atoms with van der Waals surface area (Å²) in [6.07, 6.45) is 0. The molecule has 5 nitrogen and oxygen atoms in total. The van der Waals surface area contributed by atoms with Crippen LogP contribution in [0.1, 0.15) is 5.69 Å². The van der Waals surface area contributed by atoms with E-state index in [1.807, 2.05) is 31.2 Å². The molecule has 3 aromatic rings. The fourth-order valence-electron chi connectivity index (χ4n) is 3.33. The highest BCUT2D eigenvalue weighted by atomic mass is 19.1. The van der Waals surface area contributed by atoms with Gasteiger partial charge in [0.05, 0.1) is 0 Å². The zero-order valence-electron chi connectivity index (χ0n) is 15.6. The van der Waals surface area contributed by atoms with Gasteiger partial charge in [-0.25, -0.2) is 13.8 Å². The van der Waals surface area contributed by atoms with Crippen molar-refractivity contribution in [3.63, 3.8) is 0 Å². The second kappa shape index (κ2) is 7.80. The largest absolute Gasteiger partial charge is 0.368 e. The summed E-state index contributed by atoms with van der Waals surface area (Å²) in [4.78, 5) is 13.3. The number of aromatic nitrogens is 2. The van der Waals surface area contributed by atoms with E-state index in [2.05, 4.69) is 37.2 Å². The molecule has 0 amide bonds. The van der Waals surface area contributed by atoms with Gasteiger partial charge in [-0.1, -0.05) is 24.3 Å². The Balaban J connectivity index is 1.50. The van der Waals surface area contributed by atoms with E-state index in [9.17, 15) is 8.78 Å². The van der Waals surface area contributed by atoms with E-state index in [0.29, 0.717) is 0 Å². The highest BCUT2D eigenvalue weighted by Crippen LogP contribution is 2.24. The van der Waals surface area contributed by atoms with Gasteiger partial charge < -0.3 is 15.1 Å². The van der Waals surface area contributed by atoms with Crippen molar-refractivity contribution < 1.29 is 8.78 Å². The van der Waals surface area contributed by atoms with Crippen LogP contribution in [0.15, 0.2) is 54.6 Å². The van der Waals surface area contributed by atoms with Gasteiger partial charge in [0.25, 0.3) is 0 Å². The second-order valence-electron chi connectivity index (χ2n) is 6.72. The maximum Gasteiger partial charge on any atom is 0.229 e. The molecule has 4 rings (SSSR count). The number of piperazine rings is 1. The molecule has 0 spiro atoms. The van der Waals surface area contributed by atoms with Gasteiger partial charge in [0.2, 0.25) is 5.95 Å². The molecule has 0 bridgehead atoms. The number of halogens is 2. The third-order valence-electron chi connectivity index (χ3n) is 4.77. The van der Waals surface area contributed by atoms with Crippen LogP contribution in [0.2, 0.25) is 0 Å². The molecule has 2 aromatic carbocycles. The van der Waals surface area contributed by atoms with Gasteiger partial charge in [0.1, 0.15) is 23.1 Å². The van der Waals surface area contributed by atoms with Crippen molar-refractivity contribution in [2.75, 3.05) is 41.3 Å². The number of hydrogen-bond acceptors (Lipinski definition) is 5. The minimum Gasteiger partial charge on any atom is -0.368 e. The maximum atomic E-state index is 13.9. The van der Waals surface area contributed by atoms with Crippen molar-refractivity contribution in [2.24, 2.45) is 0 Å². The minimum absolute atomic E-state index is 0.185. The molecule has 1 aliphatic rings. The molecule has 0 aliphatic carbocycles. The summed E-state index contributed by atoms with van der Waals surface area (Å²) in [6.45, 7) is 5.20. The lowest BCUT2D eigenvalue weighted by Gasteiger charge is -2.36. The Bertz CT molecular complexity index is 936. The van der Waals surface area contributed by atoms with Crippen molar-refractivity contribution >= 4 is 23.1 Å². The van der Waals surface area contributed by atoms with E-state index in [1.165, 1.54) is 23.9 Å². The Morgan fingerprint density at radius 2 is 1.46 bits per heavy atom. The van der Waals surface area contributed by atoms with Gasteiger partial charge >= 0.3 is 0 Å². The SMILES string of the molecule is Cc1cc(N2CCN(c3ccccc3)CC2)nc(Nc2c(F)cccc2F)n1. The predicted molar refractivity (Wildman–Crippen MR) is 107 cm³/mol. The first-order valence-electron chi connectivity index (χ1n) is 9.22. The number of hydrogen-bond donors (Lipinski definition) is 1. The quantitative estimate of drug-likeness (QED) is 0.736. The van der Waals surface area contributed by atoms with Gasteiger partial charge in [-0.15, -0.1) is 0 Å². The van der Waals surface area contributed by atoms with E-state index in [0.717, 1.165) is 37.7 Å². The molecular formula is C21H21F2N5. The number of nitrogens with zero attached hydrogens (tertiary/aromatic N) is 4. The van der Waals surface area contributed by atoms with Crippen LogP contribution in [-0.2, 0) is 0 Å². The van der Waals surface area contributed by atoms with Crippen LogP contribution in [0.4, 0.5) is 31.9 Å². The molecule has 1 fully saturated rings.